The molecule has 164 valence electrons. The van der Waals surface area contributed by atoms with E-state index in [1.54, 1.807) is 24.3 Å². The van der Waals surface area contributed by atoms with E-state index in [9.17, 15) is 9.90 Å². The molecule has 0 heterocycles. The van der Waals surface area contributed by atoms with Gasteiger partial charge in [0, 0.05) is 36.1 Å². The summed E-state index contributed by atoms with van der Waals surface area (Å²) in [6, 6.07) is 16.9. The standard InChI is InChI=1S/C22H29ClN4O2.HI/c1-2-24-22(26-15-18(16-28)17-7-4-3-5-8-17)25-14-6-9-21(29)27-20-12-10-19(23)11-13-20;/h3-5,7-8,10-13,18,28H,2,6,9,14-16H2,1H3,(H,27,29)(H2,24,25,26);1H. The first kappa shape index (κ1) is 26.2. The highest BCUT2D eigenvalue weighted by Crippen LogP contribution is 2.15. The summed E-state index contributed by atoms with van der Waals surface area (Å²) in [5, 5.41) is 19.6. The second-order valence-electron chi connectivity index (χ2n) is 6.60. The van der Waals surface area contributed by atoms with Crippen molar-refractivity contribution in [3.05, 3.63) is 65.2 Å². The summed E-state index contributed by atoms with van der Waals surface area (Å²) in [7, 11) is 0. The second kappa shape index (κ2) is 15.0. The van der Waals surface area contributed by atoms with E-state index in [0.717, 1.165) is 17.8 Å². The molecule has 30 heavy (non-hydrogen) atoms. The van der Waals surface area contributed by atoms with Crippen molar-refractivity contribution in [2.24, 2.45) is 4.99 Å². The van der Waals surface area contributed by atoms with Crippen molar-refractivity contribution < 1.29 is 9.90 Å². The van der Waals surface area contributed by atoms with Gasteiger partial charge in [-0.25, -0.2) is 0 Å². The maximum atomic E-state index is 12.0. The summed E-state index contributed by atoms with van der Waals surface area (Å²) in [6.45, 7) is 3.87. The highest BCUT2D eigenvalue weighted by molar-refractivity contribution is 14.0. The van der Waals surface area contributed by atoms with Crippen molar-refractivity contribution in [3.8, 4) is 0 Å². The lowest BCUT2D eigenvalue weighted by atomic mass is 10.0. The molecule has 0 saturated heterocycles. The Morgan fingerprint density at radius 3 is 2.43 bits per heavy atom. The summed E-state index contributed by atoms with van der Waals surface area (Å²) in [4.78, 5) is 16.6. The van der Waals surface area contributed by atoms with E-state index in [4.69, 9.17) is 11.6 Å². The van der Waals surface area contributed by atoms with Crippen LogP contribution in [0.25, 0.3) is 0 Å². The first-order valence-electron chi connectivity index (χ1n) is 9.85. The number of hydrogen-bond acceptors (Lipinski definition) is 3. The lowest BCUT2D eigenvalue weighted by molar-refractivity contribution is -0.116. The molecule has 2 aromatic rings. The van der Waals surface area contributed by atoms with Crippen LogP contribution in [0.15, 0.2) is 59.6 Å². The maximum absolute atomic E-state index is 12.0. The second-order valence-corrected chi connectivity index (χ2v) is 7.03. The number of nitrogens with one attached hydrogen (secondary N) is 3. The van der Waals surface area contributed by atoms with Crippen molar-refractivity contribution >= 4 is 53.1 Å². The highest BCUT2D eigenvalue weighted by Gasteiger charge is 2.10. The van der Waals surface area contributed by atoms with Gasteiger partial charge >= 0.3 is 0 Å². The Balaban J connectivity index is 0.00000450. The lowest BCUT2D eigenvalue weighted by Crippen LogP contribution is -2.38. The molecule has 6 nitrogen and oxygen atoms in total. The zero-order chi connectivity index (χ0) is 20.9. The number of benzene rings is 2. The molecular weight excluding hydrogens is 515 g/mol. The zero-order valence-electron chi connectivity index (χ0n) is 17.1. The lowest BCUT2D eigenvalue weighted by Gasteiger charge is -2.15. The molecule has 1 atom stereocenters. The topological polar surface area (TPSA) is 85.8 Å². The molecule has 0 saturated carbocycles. The number of carbonyl (C=O) groups is 1. The monoisotopic (exact) mass is 544 g/mol. The summed E-state index contributed by atoms with van der Waals surface area (Å²) >= 11 is 5.84. The number of nitrogens with zero attached hydrogens (tertiary/aromatic N) is 1. The van der Waals surface area contributed by atoms with Crippen LogP contribution in [0.5, 0.6) is 0 Å². The molecule has 0 spiro atoms. The van der Waals surface area contributed by atoms with Crippen molar-refractivity contribution in [2.75, 3.05) is 31.6 Å². The summed E-state index contributed by atoms with van der Waals surface area (Å²) in [6.07, 6.45) is 1.07. The Morgan fingerprint density at radius 2 is 1.80 bits per heavy atom. The quantitative estimate of drug-likeness (QED) is 0.158. The third kappa shape index (κ3) is 9.77. The molecule has 0 fully saturated rings. The van der Waals surface area contributed by atoms with Crippen molar-refractivity contribution in [1.29, 1.82) is 0 Å². The van der Waals surface area contributed by atoms with Gasteiger partial charge in [0.05, 0.1) is 13.2 Å². The van der Waals surface area contributed by atoms with Gasteiger partial charge in [-0.1, -0.05) is 41.9 Å². The fourth-order valence-electron chi connectivity index (χ4n) is 2.75. The third-order valence-electron chi connectivity index (χ3n) is 4.31. The fraction of sp³-hybridized carbons (Fsp3) is 0.364. The summed E-state index contributed by atoms with van der Waals surface area (Å²) < 4.78 is 0. The smallest absolute Gasteiger partial charge is 0.224 e. The molecule has 0 aliphatic carbocycles. The van der Waals surface area contributed by atoms with Crippen LogP contribution in [-0.2, 0) is 4.79 Å². The van der Waals surface area contributed by atoms with Crippen molar-refractivity contribution in [2.45, 2.75) is 25.7 Å². The first-order valence-corrected chi connectivity index (χ1v) is 10.2. The predicted octanol–water partition coefficient (Wildman–Crippen LogP) is 4.01. The molecule has 1 amide bonds. The van der Waals surface area contributed by atoms with Gasteiger partial charge in [0.1, 0.15) is 0 Å². The SMILES string of the molecule is CCNC(=NCC(CO)c1ccccc1)NCCCC(=O)Nc1ccc(Cl)cc1.I. The number of halogens is 2. The van der Waals surface area contributed by atoms with E-state index >= 15 is 0 Å². The Hall–Kier alpha value is -1.84. The Bertz CT molecular complexity index is 772. The van der Waals surface area contributed by atoms with Crippen LogP contribution >= 0.6 is 35.6 Å². The number of aliphatic imine (C=N–C) groups is 1. The number of aliphatic hydroxyl groups is 1. The number of carbonyl (C=O) groups excluding carboxylic acids is 1. The van der Waals surface area contributed by atoms with E-state index in [0.29, 0.717) is 36.9 Å². The van der Waals surface area contributed by atoms with E-state index in [1.165, 1.54) is 0 Å². The van der Waals surface area contributed by atoms with Crippen molar-refractivity contribution in [3.63, 3.8) is 0 Å². The molecule has 0 radical (unpaired) electrons. The Morgan fingerprint density at radius 1 is 1.10 bits per heavy atom. The van der Waals surface area contributed by atoms with Gasteiger partial charge in [0.2, 0.25) is 5.91 Å². The van der Waals surface area contributed by atoms with Gasteiger partial charge in [0.15, 0.2) is 5.96 Å². The number of amides is 1. The van der Waals surface area contributed by atoms with Crippen LogP contribution in [0.2, 0.25) is 5.02 Å². The highest BCUT2D eigenvalue weighted by atomic mass is 127. The molecule has 8 heteroatoms. The average Bonchev–Trinajstić information content (AvgIpc) is 2.74. The summed E-state index contributed by atoms with van der Waals surface area (Å²) in [5.74, 6) is 0.595. The van der Waals surface area contributed by atoms with Crippen LogP contribution in [-0.4, -0.2) is 43.2 Å². The van der Waals surface area contributed by atoms with Gasteiger partial charge in [-0.05, 0) is 43.2 Å². The minimum Gasteiger partial charge on any atom is -0.396 e. The summed E-state index contributed by atoms with van der Waals surface area (Å²) in [5.41, 5.74) is 1.80. The molecule has 1 unspecified atom stereocenters. The number of aliphatic hydroxyl groups excluding tert-OH is 1. The molecule has 4 N–H and O–H groups in total. The van der Waals surface area contributed by atoms with Crippen LogP contribution in [0.4, 0.5) is 5.69 Å². The number of guanidine groups is 1. The predicted molar refractivity (Wildman–Crippen MR) is 135 cm³/mol. The number of rotatable bonds is 10. The molecular formula is C22H30ClIN4O2. The molecule has 2 rings (SSSR count). The minimum atomic E-state index is -0.0446. The van der Waals surface area contributed by atoms with E-state index < -0.39 is 0 Å². The van der Waals surface area contributed by atoms with E-state index in [1.807, 2.05) is 37.3 Å². The molecule has 0 aliphatic heterocycles. The Labute approximate surface area is 200 Å². The molecule has 0 bridgehead atoms. The van der Waals surface area contributed by atoms with Crippen LogP contribution in [0, 0.1) is 0 Å². The third-order valence-corrected chi connectivity index (χ3v) is 4.56. The fourth-order valence-corrected chi connectivity index (χ4v) is 2.88. The van der Waals surface area contributed by atoms with Crippen molar-refractivity contribution in [1.82, 2.24) is 10.6 Å². The maximum Gasteiger partial charge on any atom is 0.224 e. The molecule has 0 aromatic heterocycles. The van der Waals surface area contributed by atoms with Crippen LogP contribution < -0.4 is 16.0 Å². The first-order chi connectivity index (χ1) is 14.1. The minimum absolute atomic E-state index is 0. The van der Waals surface area contributed by atoms with E-state index in [2.05, 4.69) is 20.9 Å². The van der Waals surface area contributed by atoms with Gasteiger partial charge in [0.25, 0.3) is 0 Å². The molecule has 0 aliphatic rings. The largest absolute Gasteiger partial charge is 0.396 e. The van der Waals surface area contributed by atoms with Crippen LogP contribution in [0.1, 0.15) is 31.2 Å². The van der Waals surface area contributed by atoms with Gasteiger partial charge in [-0.3, -0.25) is 9.79 Å². The van der Waals surface area contributed by atoms with E-state index in [-0.39, 0.29) is 42.4 Å². The van der Waals surface area contributed by atoms with Gasteiger partial charge in [-0.2, -0.15) is 0 Å². The zero-order valence-corrected chi connectivity index (χ0v) is 20.2. The number of hydrogen-bond donors (Lipinski definition) is 4. The van der Waals surface area contributed by atoms with Gasteiger partial charge in [-0.15, -0.1) is 24.0 Å². The normalized spacial score (nSPS) is 11.9. The number of anilines is 1. The average molecular weight is 545 g/mol. The Kier molecular flexibility index (Phi) is 13.1. The molecule has 2 aromatic carbocycles. The van der Waals surface area contributed by atoms with Crippen LogP contribution in [0.3, 0.4) is 0 Å². The van der Waals surface area contributed by atoms with Gasteiger partial charge < -0.3 is 21.1 Å².